The molecule has 0 saturated carbocycles. The lowest BCUT2D eigenvalue weighted by molar-refractivity contribution is 0.0722. The van der Waals surface area contributed by atoms with E-state index in [1.54, 1.807) is 19.2 Å². The van der Waals surface area contributed by atoms with Gasteiger partial charge >= 0.3 is 5.97 Å². The highest BCUT2D eigenvalue weighted by molar-refractivity contribution is 7.89. The molecule has 1 aromatic carbocycles. The van der Waals surface area contributed by atoms with E-state index in [2.05, 4.69) is 0 Å². The van der Waals surface area contributed by atoms with Gasteiger partial charge in [0.25, 0.3) is 0 Å². The number of ether oxygens (including phenoxy) is 2. The minimum absolute atomic E-state index is 0.0604. The fourth-order valence-corrected chi connectivity index (χ4v) is 4.83. The Bertz CT molecular complexity index is 1020. The summed E-state index contributed by atoms with van der Waals surface area (Å²) in [5.74, 6) is -0.105. The second-order valence-corrected chi connectivity index (χ2v) is 9.72. The maximum absolute atomic E-state index is 12.8. The Kier molecular flexibility index (Phi) is 6.38. The van der Waals surface area contributed by atoms with Crippen LogP contribution in [0.5, 0.6) is 5.75 Å². The van der Waals surface area contributed by atoms with Gasteiger partial charge in [0.15, 0.2) is 0 Å². The number of aryl methyl sites for hydroxylation is 2. The summed E-state index contributed by atoms with van der Waals surface area (Å²) in [6.07, 6.45) is 1.43. The lowest BCUT2D eigenvalue weighted by Gasteiger charge is -2.25. The maximum atomic E-state index is 12.8. The van der Waals surface area contributed by atoms with Crippen LogP contribution in [0.4, 0.5) is 0 Å². The monoisotopic (exact) mass is 440 g/mol. The van der Waals surface area contributed by atoms with Crippen molar-refractivity contribution in [3.8, 4) is 5.75 Å². The Morgan fingerprint density at radius 3 is 2.48 bits per heavy atom. The van der Waals surface area contributed by atoms with Gasteiger partial charge in [0.2, 0.25) is 10.0 Å². The minimum atomic E-state index is -3.70. The standard InChI is InChI=1S/C20H25ClN2O5S/c1-13(2)16-11-17(21)14(3)9-19(16)28-20(24)18-10-15(12-22(18)4)29(25,26)23-5-7-27-8-6-23/h9-13H,5-8H2,1-4H3. The summed E-state index contributed by atoms with van der Waals surface area (Å²) in [5, 5.41) is 0.603. The maximum Gasteiger partial charge on any atom is 0.360 e. The number of sulfonamides is 1. The SMILES string of the molecule is Cc1cc(OC(=O)c2cc(S(=O)(=O)N3CCOCC3)cn2C)c(C(C)C)cc1Cl. The van der Waals surface area contributed by atoms with Crippen LogP contribution in [0.25, 0.3) is 0 Å². The summed E-state index contributed by atoms with van der Waals surface area (Å²) in [6, 6.07) is 4.87. The molecule has 2 heterocycles. The van der Waals surface area contributed by atoms with Gasteiger partial charge in [-0.3, -0.25) is 0 Å². The zero-order chi connectivity index (χ0) is 21.3. The van der Waals surface area contributed by atoms with E-state index in [0.29, 0.717) is 37.1 Å². The Labute approximate surface area is 176 Å². The predicted octanol–water partition coefficient (Wildman–Crippen LogP) is 3.35. The van der Waals surface area contributed by atoms with E-state index >= 15 is 0 Å². The molecule has 0 bridgehead atoms. The van der Waals surface area contributed by atoms with Crippen LogP contribution in [0, 0.1) is 6.92 Å². The van der Waals surface area contributed by atoms with Crippen LogP contribution in [-0.2, 0) is 21.8 Å². The van der Waals surface area contributed by atoms with Gasteiger partial charge in [0.05, 0.1) is 13.2 Å². The van der Waals surface area contributed by atoms with E-state index in [-0.39, 0.29) is 16.5 Å². The fourth-order valence-electron chi connectivity index (χ4n) is 3.18. The molecule has 158 valence electrons. The molecule has 1 aliphatic heterocycles. The molecule has 0 unspecified atom stereocenters. The molecular weight excluding hydrogens is 416 g/mol. The van der Waals surface area contributed by atoms with E-state index < -0.39 is 16.0 Å². The fraction of sp³-hybridized carbons (Fsp3) is 0.450. The molecule has 0 atom stereocenters. The largest absolute Gasteiger partial charge is 0.422 e. The molecule has 29 heavy (non-hydrogen) atoms. The van der Waals surface area contributed by atoms with Crippen molar-refractivity contribution in [1.82, 2.24) is 8.87 Å². The summed E-state index contributed by atoms with van der Waals surface area (Å²) in [5.41, 5.74) is 1.75. The zero-order valence-electron chi connectivity index (χ0n) is 16.9. The molecule has 1 aromatic heterocycles. The number of carbonyl (C=O) groups excluding carboxylic acids is 1. The first-order chi connectivity index (χ1) is 13.6. The van der Waals surface area contributed by atoms with E-state index in [4.69, 9.17) is 21.1 Å². The summed E-state index contributed by atoms with van der Waals surface area (Å²) < 4.78 is 39.4. The van der Waals surface area contributed by atoms with Crippen LogP contribution in [0.2, 0.25) is 5.02 Å². The lowest BCUT2D eigenvalue weighted by atomic mass is 10.0. The van der Waals surface area contributed by atoms with Gasteiger partial charge in [-0.25, -0.2) is 13.2 Å². The molecule has 0 N–H and O–H groups in total. The average molecular weight is 441 g/mol. The highest BCUT2D eigenvalue weighted by atomic mass is 35.5. The van der Waals surface area contributed by atoms with Crippen LogP contribution >= 0.6 is 11.6 Å². The first kappa shape index (κ1) is 21.8. The summed E-state index contributed by atoms with van der Waals surface area (Å²) in [4.78, 5) is 12.9. The number of aromatic nitrogens is 1. The highest BCUT2D eigenvalue weighted by Gasteiger charge is 2.29. The molecule has 1 saturated heterocycles. The Balaban J connectivity index is 1.89. The molecule has 1 fully saturated rings. The van der Waals surface area contributed by atoms with E-state index in [1.165, 1.54) is 21.1 Å². The third-order valence-electron chi connectivity index (χ3n) is 4.91. The van der Waals surface area contributed by atoms with Gasteiger partial charge in [0, 0.05) is 31.4 Å². The van der Waals surface area contributed by atoms with Crippen molar-refractivity contribution in [3.05, 3.63) is 46.2 Å². The van der Waals surface area contributed by atoms with Crippen molar-refractivity contribution in [2.75, 3.05) is 26.3 Å². The number of benzene rings is 1. The van der Waals surface area contributed by atoms with Gasteiger partial charge in [-0.1, -0.05) is 25.4 Å². The van der Waals surface area contributed by atoms with E-state index in [1.807, 2.05) is 20.8 Å². The molecule has 3 rings (SSSR count). The van der Waals surface area contributed by atoms with Crippen molar-refractivity contribution >= 4 is 27.6 Å². The third kappa shape index (κ3) is 4.50. The molecule has 2 aromatic rings. The summed E-state index contributed by atoms with van der Waals surface area (Å²) in [6.45, 7) is 7.09. The molecule has 0 spiro atoms. The van der Waals surface area contributed by atoms with Gasteiger partial charge in [-0.2, -0.15) is 4.31 Å². The van der Waals surface area contributed by atoms with E-state index in [0.717, 1.165) is 11.1 Å². The normalized spacial score (nSPS) is 15.7. The number of halogens is 1. The van der Waals surface area contributed by atoms with Gasteiger partial charge in [-0.05, 0) is 42.2 Å². The average Bonchev–Trinajstić information content (AvgIpc) is 3.07. The topological polar surface area (TPSA) is 77.8 Å². The van der Waals surface area contributed by atoms with Crippen LogP contribution in [0.1, 0.15) is 41.4 Å². The second kappa shape index (κ2) is 8.47. The quantitative estimate of drug-likeness (QED) is 0.526. The van der Waals surface area contributed by atoms with Crippen molar-refractivity contribution in [1.29, 1.82) is 0 Å². The molecule has 7 nitrogen and oxygen atoms in total. The van der Waals surface area contributed by atoms with Crippen molar-refractivity contribution in [2.24, 2.45) is 7.05 Å². The lowest BCUT2D eigenvalue weighted by Crippen LogP contribution is -2.40. The Morgan fingerprint density at radius 1 is 1.21 bits per heavy atom. The predicted molar refractivity (Wildman–Crippen MR) is 110 cm³/mol. The number of morpholine rings is 1. The van der Waals surface area contributed by atoms with Crippen molar-refractivity contribution < 1.29 is 22.7 Å². The smallest absolute Gasteiger partial charge is 0.360 e. The van der Waals surface area contributed by atoms with Crippen LogP contribution in [0.3, 0.4) is 0 Å². The summed E-state index contributed by atoms with van der Waals surface area (Å²) in [7, 11) is -2.08. The van der Waals surface area contributed by atoms with Crippen molar-refractivity contribution in [3.63, 3.8) is 0 Å². The van der Waals surface area contributed by atoms with Crippen molar-refractivity contribution in [2.45, 2.75) is 31.6 Å². The molecule has 9 heteroatoms. The highest BCUT2D eigenvalue weighted by Crippen LogP contribution is 2.32. The van der Waals surface area contributed by atoms with Gasteiger partial charge < -0.3 is 14.0 Å². The Hall–Kier alpha value is -1.87. The molecule has 0 aliphatic carbocycles. The zero-order valence-corrected chi connectivity index (χ0v) is 18.5. The first-order valence-corrected chi connectivity index (χ1v) is 11.2. The molecule has 1 aliphatic rings. The number of rotatable bonds is 5. The molecule has 0 radical (unpaired) electrons. The molecular formula is C20H25ClN2O5S. The van der Waals surface area contributed by atoms with Gasteiger partial charge in [-0.15, -0.1) is 0 Å². The Morgan fingerprint density at radius 2 is 1.86 bits per heavy atom. The summed E-state index contributed by atoms with van der Waals surface area (Å²) >= 11 is 6.21. The number of carbonyl (C=O) groups is 1. The third-order valence-corrected chi connectivity index (χ3v) is 7.18. The number of hydrogen-bond acceptors (Lipinski definition) is 5. The second-order valence-electron chi connectivity index (χ2n) is 7.37. The number of esters is 1. The van der Waals surface area contributed by atoms with Crippen LogP contribution in [0.15, 0.2) is 29.3 Å². The van der Waals surface area contributed by atoms with Crippen LogP contribution in [-0.4, -0.2) is 49.6 Å². The van der Waals surface area contributed by atoms with E-state index in [9.17, 15) is 13.2 Å². The van der Waals surface area contributed by atoms with Gasteiger partial charge in [0.1, 0.15) is 16.3 Å². The minimum Gasteiger partial charge on any atom is -0.422 e. The first-order valence-electron chi connectivity index (χ1n) is 9.37. The number of hydrogen-bond donors (Lipinski definition) is 0. The molecule has 0 amide bonds. The number of nitrogens with zero attached hydrogens (tertiary/aromatic N) is 2. The van der Waals surface area contributed by atoms with Crippen LogP contribution < -0.4 is 4.74 Å².